The molecule has 22 heavy (non-hydrogen) atoms. The van der Waals surface area contributed by atoms with Crippen molar-refractivity contribution in [1.82, 2.24) is 14.7 Å². The molecule has 2 aromatic rings. The predicted molar refractivity (Wildman–Crippen MR) is 88.0 cm³/mol. The third-order valence-electron chi connectivity index (χ3n) is 4.22. The van der Waals surface area contributed by atoms with Crippen LogP contribution in [0.15, 0.2) is 30.3 Å². The first-order valence-electron chi connectivity index (χ1n) is 7.79. The summed E-state index contributed by atoms with van der Waals surface area (Å²) in [4.78, 5) is 2.26. The Bertz CT molecular complexity index is 626. The van der Waals surface area contributed by atoms with Crippen molar-refractivity contribution in [2.24, 2.45) is 0 Å². The average molecular weight is 320 g/mol. The van der Waals surface area contributed by atoms with Crippen molar-refractivity contribution in [3.63, 3.8) is 0 Å². The number of aryl methyl sites for hydroxylation is 1. The van der Waals surface area contributed by atoms with Gasteiger partial charge in [-0.25, -0.2) is 4.68 Å². The number of piperidine rings is 1. The number of hydrogen-bond donors (Lipinski definition) is 1. The zero-order chi connectivity index (χ0) is 15.5. The molecule has 0 radical (unpaired) electrons. The van der Waals surface area contributed by atoms with Crippen molar-refractivity contribution in [2.45, 2.75) is 39.0 Å². The van der Waals surface area contributed by atoms with Crippen molar-refractivity contribution < 1.29 is 5.11 Å². The summed E-state index contributed by atoms with van der Waals surface area (Å²) >= 11 is 6.55. The lowest BCUT2D eigenvalue weighted by Gasteiger charge is -2.29. The first-order valence-corrected chi connectivity index (χ1v) is 8.17. The fraction of sp³-hybridized carbons (Fsp3) is 0.471. The van der Waals surface area contributed by atoms with Crippen LogP contribution in [0, 0.1) is 6.92 Å². The zero-order valence-corrected chi connectivity index (χ0v) is 13.6. The van der Waals surface area contributed by atoms with Gasteiger partial charge in [-0.15, -0.1) is 0 Å². The molecule has 1 aliphatic rings. The van der Waals surface area contributed by atoms with Gasteiger partial charge >= 0.3 is 0 Å². The molecule has 1 unspecified atom stereocenters. The van der Waals surface area contributed by atoms with E-state index in [2.05, 4.69) is 22.1 Å². The number of hydrogen-bond acceptors (Lipinski definition) is 3. The molecule has 0 amide bonds. The number of β-amino-alcohol motifs (C(OH)–C–C–N with tert-alkyl or cyclic N) is 1. The normalized spacial score (nSPS) is 19.5. The molecule has 1 saturated heterocycles. The SMILES string of the molecule is Cc1nn(Cc2ccccc2)c(Cl)c1CN1CCCC(O)C1. The lowest BCUT2D eigenvalue weighted by Crippen LogP contribution is -2.37. The Morgan fingerprint density at radius 2 is 2.05 bits per heavy atom. The summed E-state index contributed by atoms with van der Waals surface area (Å²) in [5.41, 5.74) is 3.24. The van der Waals surface area contributed by atoms with Gasteiger partial charge in [-0.3, -0.25) is 4.90 Å². The second-order valence-corrected chi connectivity index (χ2v) is 6.39. The van der Waals surface area contributed by atoms with Crippen molar-refractivity contribution in [1.29, 1.82) is 0 Å². The number of nitrogens with zero attached hydrogens (tertiary/aromatic N) is 3. The van der Waals surface area contributed by atoms with E-state index in [1.807, 2.05) is 29.8 Å². The minimum Gasteiger partial charge on any atom is -0.392 e. The number of benzene rings is 1. The van der Waals surface area contributed by atoms with Crippen molar-refractivity contribution in [3.05, 3.63) is 52.3 Å². The van der Waals surface area contributed by atoms with Gasteiger partial charge in [0.25, 0.3) is 0 Å². The van der Waals surface area contributed by atoms with E-state index in [0.29, 0.717) is 11.7 Å². The van der Waals surface area contributed by atoms with Crippen LogP contribution in [0.2, 0.25) is 5.15 Å². The molecule has 2 heterocycles. The van der Waals surface area contributed by atoms with E-state index in [1.165, 1.54) is 5.56 Å². The van der Waals surface area contributed by atoms with Gasteiger partial charge in [0.15, 0.2) is 0 Å². The Kier molecular flexibility index (Phi) is 4.81. The fourth-order valence-corrected chi connectivity index (χ4v) is 3.32. The first-order chi connectivity index (χ1) is 10.6. The molecule has 1 fully saturated rings. The third-order valence-corrected chi connectivity index (χ3v) is 4.64. The molecule has 1 aliphatic heterocycles. The Morgan fingerprint density at radius 3 is 2.77 bits per heavy atom. The highest BCUT2D eigenvalue weighted by atomic mass is 35.5. The second kappa shape index (κ2) is 6.82. The van der Waals surface area contributed by atoms with E-state index < -0.39 is 0 Å². The van der Waals surface area contributed by atoms with Crippen LogP contribution in [0.5, 0.6) is 0 Å². The summed E-state index contributed by atoms with van der Waals surface area (Å²) < 4.78 is 1.86. The molecule has 1 atom stereocenters. The van der Waals surface area contributed by atoms with Crippen LogP contribution in [-0.2, 0) is 13.1 Å². The summed E-state index contributed by atoms with van der Waals surface area (Å²) in [6, 6.07) is 10.2. The molecular formula is C17H22ClN3O. The van der Waals surface area contributed by atoms with Crippen LogP contribution >= 0.6 is 11.6 Å². The van der Waals surface area contributed by atoms with E-state index in [4.69, 9.17) is 11.6 Å². The molecule has 118 valence electrons. The summed E-state index contributed by atoms with van der Waals surface area (Å²) in [6.07, 6.45) is 1.72. The average Bonchev–Trinajstić information content (AvgIpc) is 2.76. The van der Waals surface area contributed by atoms with Gasteiger partial charge in [0, 0.05) is 18.7 Å². The van der Waals surface area contributed by atoms with Crippen LogP contribution in [0.3, 0.4) is 0 Å². The van der Waals surface area contributed by atoms with Crippen molar-refractivity contribution in [2.75, 3.05) is 13.1 Å². The second-order valence-electron chi connectivity index (χ2n) is 6.03. The summed E-state index contributed by atoms with van der Waals surface area (Å²) in [6.45, 7) is 5.18. The Labute approximate surface area is 136 Å². The maximum atomic E-state index is 9.80. The quantitative estimate of drug-likeness (QED) is 0.942. The van der Waals surface area contributed by atoms with Crippen molar-refractivity contribution in [3.8, 4) is 0 Å². The minimum atomic E-state index is -0.216. The molecular weight excluding hydrogens is 298 g/mol. The summed E-state index contributed by atoms with van der Waals surface area (Å²) in [5, 5.41) is 15.1. The van der Waals surface area contributed by atoms with Crippen LogP contribution in [0.25, 0.3) is 0 Å². The van der Waals surface area contributed by atoms with E-state index in [9.17, 15) is 5.11 Å². The monoisotopic (exact) mass is 319 g/mol. The van der Waals surface area contributed by atoms with E-state index in [0.717, 1.165) is 43.7 Å². The first kappa shape index (κ1) is 15.5. The molecule has 1 aromatic carbocycles. The number of likely N-dealkylation sites (tertiary alicyclic amines) is 1. The van der Waals surface area contributed by atoms with Gasteiger partial charge in [-0.05, 0) is 31.9 Å². The number of aromatic nitrogens is 2. The number of aliphatic hydroxyl groups excluding tert-OH is 1. The lowest BCUT2D eigenvalue weighted by molar-refractivity contribution is 0.0667. The highest BCUT2D eigenvalue weighted by molar-refractivity contribution is 6.30. The molecule has 0 spiro atoms. The highest BCUT2D eigenvalue weighted by Crippen LogP contribution is 2.24. The van der Waals surface area contributed by atoms with Gasteiger partial charge in [0.1, 0.15) is 5.15 Å². The van der Waals surface area contributed by atoms with E-state index >= 15 is 0 Å². The van der Waals surface area contributed by atoms with Crippen LogP contribution in [0.4, 0.5) is 0 Å². The Balaban J connectivity index is 1.75. The lowest BCUT2D eigenvalue weighted by atomic mass is 10.1. The predicted octanol–water partition coefficient (Wildman–Crippen LogP) is 2.85. The highest BCUT2D eigenvalue weighted by Gasteiger charge is 2.21. The molecule has 5 heteroatoms. The van der Waals surface area contributed by atoms with Gasteiger partial charge in [0.2, 0.25) is 0 Å². The molecule has 0 aliphatic carbocycles. The molecule has 1 aromatic heterocycles. The summed E-state index contributed by atoms with van der Waals surface area (Å²) in [5.74, 6) is 0. The minimum absolute atomic E-state index is 0.216. The number of rotatable bonds is 4. The topological polar surface area (TPSA) is 41.3 Å². The van der Waals surface area contributed by atoms with Gasteiger partial charge < -0.3 is 5.11 Å². The fourth-order valence-electron chi connectivity index (χ4n) is 3.03. The van der Waals surface area contributed by atoms with Crippen LogP contribution < -0.4 is 0 Å². The van der Waals surface area contributed by atoms with Gasteiger partial charge in [0.05, 0.1) is 18.3 Å². The largest absolute Gasteiger partial charge is 0.392 e. The number of halogens is 1. The molecule has 4 nitrogen and oxygen atoms in total. The Hall–Kier alpha value is -1.36. The van der Waals surface area contributed by atoms with Crippen molar-refractivity contribution >= 4 is 11.6 Å². The third kappa shape index (κ3) is 3.51. The van der Waals surface area contributed by atoms with Gasteiger partial charge in [-0.1, -0.05) is 41.9 Å². The molecule has 0 bridgehead atoms. The number of aliphatic hydroxyl groups is 1. The van der Waals surface area contributed by atoms with Crippen LogP contribution in [-0.4, -0.2) is 39.0 Å². The standard InChI is InChI=1S/C17H22ClN3O/c1-13-16(12-20-9-5-8-15(22)11-20)17(18)21(19-13)10-14-6-3-2-4-7-14/h2-4,6-7,15,22H,5,8-12H2,1H3. The van der Waals surface area contributed by atoms with Crippen LogP contribution in [0.1, 0.15) is 29.7 Å². The van der Waals surface area contributed by atoms with E-state index in [-0.39, 0.29) is 6.10 Å². The molecule has 1 N–H and O–H groups in total. The molecule has 0 saturated carbocycles. The summed E-state index contributed by atoms with van der Waals surface area (Å²) in [7, 11) is 0. The Morgan fingerprint density at radius 1 is 1.27 bits per heavy atom. The maximum Gasteiger partial charge on any atom is 0.132 e. The smallest absolute Gasteiger partial charge is 0.132 e. The van der Waals surface area contributed by atoms with E-state index in [1.54, 1.807) is 0 Å². The molecule has 3 rings (SSSR count). The zero-order valence-electron chi connectivity index (χ0n) is 12.9. The van der Waals surface area contributed by atoms with Gasteiger partial charge in [-0.2, -0.15) is 5.10 Å². The maximum absolute atomic E-state index is 9.80.